The van der Waals surface area contributed by atoms with Crippen LogP contribution < -0.4 is 5.32 Å². The standard InChI is InChI=1S/C15H30N2O/c1-3-16-15(13-6-4-5-7-13)12-17-10-8-14(18-2)9-11-17/h13-16H,3-12H2,1-2H3. The summed E-state index contributed by atoms with van der Waals surface area (Å²) in [4.78, 5) is 2.64. The van der Waals surface area contributed by atoms with E-state index in [2.05, 4.69) is 17.1 Å². The number of ether oxygens (including phenoxy) is 1. The van der Waals surface area contributed by atoms with Crippen molar-refractivity contribution in [3.63, 3.8) is 0 Å². The lowest BCUT2D eigenvalue weighted by molar-refractivity contribution is 0.0362. The van der Waals surface area contributed by atoms with E-state index in [-0.39, 0.29) is 0 Å². The van der Waals surface area contributed by atoms with Crippen LogP contribution in [0.3, 0.4) is 0 Å². The molecule has 3 heteroatoms. The van der Waals surface area contributed by atoms with Gasteiger partial charge in [-0.25, -0.2) is 0 Å². The lowest BCUT2D eigenvalue weighted by atomic mass is 9.96. The Kier molecular flexibility index (Phi) is 5.93. The Morgan fingerprint density at radius 1 is 1.17 bits per heavy atom. The Balaban J connectivity index is 1.77. The van der Waals surface area contributed by atoms with E-state index in [9.17, 15) is 0 Å². The molecule has 1 saturated carbocycles. The van der Waals surface area contributed by atoms with Crippen molar-refractivity contribution in [3.05, 3.63) is 0 Å². The number of rotatable bonds is 6. The van der Waals surface area contributed by atoms with Crippen LogP contribution in [-0.2, 0) is 4.74 Å². The van der Waals surface area contributed by atoms with Gasteiger partial charge in [0.25, 0.3) is 0 Å². The first-order valence-electron chi connectivity index (χ1n) is 7.82. The maximum absolute atomic E-state index is 5.45. The number of nitrogens with one attached hydrogen (secondary N) is 1. The van der Waals surface area contributed by atoms with Gasteiger partial charge in [-0.1, -0.05) is 19.8 Å². The summed E-state index contributed by atoms with van der Waals surface area (Å²) in [5, 5.41) is 3.72. The first-order chi connectivity index (χ1) is 8.83. The van der Waals surface area contributed by atoms with Gasteiger partial charge in [-0.3, -0.25) is 0 Å². The third kappa shape index (κ3) is 3.94. The van der Waals surface area contributed by atoms with Gasteiger partial charge in [0, 0.05) is 32.8 Å². The van der Waals surface area contributed by atoms with E-state index in [0.717, 1.165) is 18.5 Å². The molecule has 0 amide bonds. The smallest absolute Gasteiger partial charge is 0.0595 e. The molecule has 1 atom stereocenters. The third-order valence-electron chi connectivity index (χ3n) is 4.76. The van der Waals surface area contributed by atoms with Gasteiger partial charge in [0.2, 0.25) is 0 Å². The van der Waals surface area contributed by atoms with Crippen LogP contribution in [0.5, 0.6) is 0 Å². The fourth-order valence-electron chi connectivity index (χ4n) is 3.61. The molecule has 2 fully saturated rings. The van der Waals surface area contributed by atoms with Crippen LogP contribution in [0.4, 0.5) is 0 Å². The quantitative estimate of drug-likeness (QED) is 0.787. The molecule has 18 heavy (non-hydrogen) atoms. The zero-order valence-electron chi connectivity index (χ0n) is 12.2. The molecule has 2 aliphatic rings. The maximum atomic E-state index is 5.45. The van der Waals surface area contributed by atoms with Gasteiger partial charge in [-0.05, 0) is 38.1 Å². The van der Waals surface area contributed by atoms with Crippen molar-refractivity contribution in [1.29, 1.82) is 0 Å². The van der Waals surface area contributed by atoms with Crippen LogP contribution >= 0.6 is 0 Å². The van der Waals surface area contributed by atoms with Crippen LogP contribution in [0.2, 0.25) is 0 Å². The molecule has 1 aliphatic heterocycles. The van der Waals surface area contributed by atoms with Crippen molar-refractivity contribution in [3.8, 4) is 0 Å². The first kappa shape index (κ1) is 14.3. The lowest BCUT2D eigenvalue weighted by Crippen LogP contribution is -2.48. The Morgan fingerprint density at radius 3 is 2.39 bits per heavy atom. The van der Waals surface area contributed by atoms with Crippen molar-refractivity contribution >= 4 is 0 Å². The summed E-state index contributed by atoms with van der Waals surface area (Å²) in [5.74, 6) is 0.921. The highest BCUT2D eigenvalue weighted by Crippen LogP contribution is 2.28. The molecule has 0 aromatic heterocycles. The molecule has 106 valence electrons. The van der Waals surface area contributed by atoms with E-state index in [0.29, 0.717) is 6.10 Å². The number of methoxy groups -OCH3 is 1. The second-order valence-corrected chi connectivity index (χ2v) is 5.94. The maximum Gasteiger partial charge on any atom is 0.0595 e. The molecule has 1 N–H and O–H groups in total. The highest BCUT2D eigenvalue weighted by atomic mass is 16.5. The second-order valence-electron chi connectivity index (χ2n) is 5.94. The Hall–Kier alpha value is -0.120. The normalized spacial score (nSPS) is 25.7. The average molecular weight is 254 g/mol. The first-order valence-corrected chi connectivity index (χ1v) is 7.82. The largest absolute Gasteiger partial charge is 0.381 e. The zero-order chi connectivity index (χ0) is 12.8. The van der Waals surface area contributed by atoms with Gasteiger partial charge in [-0.2, -0.15) is 0 Å². The van der Waals surface area contributed by atoms with Crippen LogP contribution in [0.15, 0.2) is 0 Å². The number of nitrogens with zero attached hydrogens (tertiary/aromatic N) is 1. The summed E-state index contributed by atoms with van der Waals surface area (Å²) in [6.07, 6.45) is 8.68. The highest BCUT2D eigenvalue weighted by molar-refractivity contribution is 4.84. The monoisotopic (exact) mass is 254 g/mol. The molecule has 1 saturated heterocycles. The number of likely N-dealkylation sites (tertiary alicyclic amines) is 1. The Bertz CT molecular complexity index is 221. The molecular formula is C15H30N2O. The average Bonchev–Trinajstić information content (AvgIpc) is 2.93. The third-order valence-corrected chi connectivity index (χ3v) is 4.76. The highest BCUT2D eigenvalue weighted by Gasteiger charge is 2.27. The zero-order valence-corrected chi connectivity index (χ0v) is 12.2. The van der Waals surface area contributed by atoms with Crippen LogP contribution in [0.25, 0.3) is 0 Å². The second kappa shape index (κ2) is 7.46. The molecule has 0 radical (unpaired) electrons. The minimum atomic E-state index is 0.505. The summed E-state index contributed by atoms with van der Waals surface area (Å²) in [6.45, 7) is 7.02. The van der Waals surface area contributed by atoms with Crippen LogP contribution in [-0.4, -0.2) is 50.3 Å². The molecule has 2 rings (SSSR count). The molecule has 1 aliphatic carbocycles. The van der Waals surface area contributed by atoms with Gasteiger partial charge in [0.15, 0.2) is 0 Å². The van der Waals surface area contributed by atoms with Crippen LogP contribution in [0.1, 0.15) is 45.4 Å². The van der Waals surface area contributed by atoms with Crippen LogP contribution in [0, 0.1) is 5.92 Å². The van der Waals surface area contributed by atoms with Gasteiger partial charge in [-0.15, -0.1) is 0 Å². The molecular weight excluding hydrogens is 224 g/mol. The number of hydrogen-bond donors (Lipinski definition) is 1. The van der Waals surface area contributed by atoms with E-state index in [1.165, 1.54) is 58.2 Å². The van der Waals surface area contributed by atoms with E-state index in [4.69, 9.17) is 4.74 Å². The van der Waals surface area contributed by atoms with Crippen molar-refractivity contribution in [2.45, 2.75) is 57.6 Å². The number of piperidine rings is 1. The molecule has 0 bridgehead atoms. The van der Waals surface area contributed by atoms with E-state index in [1.807, 2.05) is 7.11 Å². The van der Waals surface area contributed by atoms with E-state index >= 15 is 0 Å². The molecule has 0 aromatic carbocycles. The minimum Gasteiger partial charge on any atom is -0.381 e. The summed E-state index contributed by atoms with van der Waals surface area (Å²) in [5.41, 5.74) is 0. The fourth-order valence-corrected chi connectivity index (χ4v) is 3.61. The van der Waals surface area contributed by atoms with E-state index < -0.39 is 0 Å². The topological polar surface area (TPSA) is 24.5 Å². The van der Waals surface area contributed by atoms with Gasteiger partial charge in [0.05, 0.1) is 6.10 Å². The molecule has 1 heterocycles. The van der Waals surface area contributed by atoms with Crippen molar-refractivity contribution in [2.75, 3.05) is 33.3 Å². The van der Waals surface area contributed by atoms with Gasteiger partial charge >= 0.3 is 0 Å². The molecule has 1 unspecified atom stereocenters. The molecule has 3 nitrogen and oxygen atoms in total. The summed E-state index contributed by atoms with van der Waals surface area (Å²) in [7, 11) is 1.85. The van der Waals surface area contributed by atoms with Crippen molar-refractivity contribution < 1.29 is 4.74 Å². The summed E-state index contributed by atoms with van der Waals surface area (Å²) in [6, 6.07) is 0.719. The summed E-state index contributed by atoms with van der Waals surface area (Å²) >= 11 is 0. The van der Waals surface area contributed by atoms with Crippen molar-refractivity contribution in [2.24, 2.45) is 5.92 Å². The lowest BCUT2D eigenvalue weighted by Gasteiger charge is -2.35. The van der Waals surface area contributed by atoms with Gasteiger partial charge < -0.3 is 15.0 Å². The van der Waals surface area contributed by atoms with E-state index in [1.54, 1.807) is 0 Å². The predicted octanol–water partition coefficient (Wildman–Crippen LogP) is 2.27. The SMILES string of the molecule is CCNC(CN1CCC(OC)CC1)C1CCCC1. The number of hydrogen-bond acceptors (Lipinski definition) is 3. The fraction of sp³-hybridized carbons (Fsp3) is 1.00. The Labute approximate surface area is 112 Å². The number of likely N-dealkylation sites (N-methyl/N-ethyl adjacent to an activating group) is 1. The Morgan fingerprint density at radius 2 is 1.83 bits per heavy atom. The van der Waals surface area contributed by atoms with Gasteiger partial charge in [0.1, 0.15) is 0 Å². The van der Waals surface area contributed by atoms with Crippen molar-refractivity contribution in [1.82, 2.24) is 10.2 Å². The summed E-state index contributed by atoms with van der Waals surface area (Å²) < 4.78 is 5.45. The predicted molar refractivity (Wildman–Crippen MR) is 75.9 cm³/mol. The minimum absolute atomic E-state index is 0.505. The molecule has 0 spiro atoms. The molecule has 0 aromatic rings.